The number of carbonyl (C=O) groups excluding carboxylic acids is 1. The van der Waals surface area contributed by atoms with Crippen molar-refractivity contribution in [2.45, 2.75) is 58.1 Å². The van der Waals surface area contributed by atoms with Crippen molar-refractivity contribution in [2.24, 2.45) is 22.6 Å². The van der Waals surface area contributed by atoms with Crippen LogP contribution >= 0.6 is 0 Å². The number of carbonyl (C=O) groups is 1. The fraction of sp³-hybridized carbons (Fsp3) is 0.545. The van der Waals surface area contributed by atoms with Gasteiger partial charge in [0.1, 0.15) is 11.4 Å². The molecule has 1 aliphatic carbocycles. The van der Waals surface area contributed by atoms with Crippen LogP contribution in [0.4, 0.5) is 0 Å². The highest BCUT2D eigenvalue weighted by atomic mass is 16.5. The van der Waals surface area contributed by atoms with Crippen LogP contribution in [0.15, 0.2) is 29.3 Å². The van der Waals surface area contributed by atoms with Crippen molar-refractivity contribution in [1.29, 1.82) is 0 Å². The van der Waals surface area contributed by atoms with Crippen LogP contribution in [-0.2, 0) is 10.3 Å². The molecule has 144 valence electrons. The normalized spacial score (nSPS) is 32.0. The number of allylic oxidation sites excluding steroid dienone is 2. The van der Waals surface area contributed by atoms with E-state index in [0.717, 1.165) is 23.3 Å². The van der Waals surface area contributed by atoms with E-state index in [4.69, 9.17) is 10.5 Å². The predicted molar refractivity (Wildman–Crippen MR) is 107 cm³/mol. The highest BCUT2D eigenvalue weighted by molar-refractivity contribution is 6.07. The second kappa shape index (κ2) is 5.85. The van der Waals surface area contributed by atoms with E-state index in [9.17, 15) is 4.79 Å². The summed E-state index contributed by atoms with van der Waals surface area (Å²) in [5.74, 6) is 2.15. The molecule has 3 unspecified atom stereocenters. The first-order chi connectivity index (χ1) is 12.6. The van der Waals surface area contributed by atoms with Gasteiger partial charge < -0.3 is 10.5 Å². The summed E-state index contributed by atoms with van der Waals surface area (Å²) in [6.07, 6.45) is 5.12. The zero-order valence-corrected chi connectivity index (χ0v) is 16.9. The van der Waals surface area contributed by atoms with Crippen LogP contribution < -0.4 is 10.5 Å². The number of aliphatic imine (C=N–C) groups is 1. The second-order valence-electron chi connectivity index (χ2n) is 9.16. The molecule has 2 N–H and O–H groups in total. The van der Waals surface area contributed by atoms with E-state index in [0.29, 0.717) is 18.3 Å². The Morgan fingerprint density at radius 3 is 2.67 bits per heavy atom. The number of amides is 1. The lowest BCUT2D eigenvalue weighted by Crippen LogP contribution is -2.49. The molecule has 1 spiro atoms. The Morgan fingerprint density at radius 1 is 1.30 bits per heavy atom. The van der Waals surface area contributed by atoms with Crippen molar-refractivity contribution in [1.82, 2.24) is 4.90 Å². The third-order valence-corrected chi connectivity index (χ3v) is 6.00. The van der Waals surface area contributed by atoms with Gasteiger partial charge in [-0.15, -0.1) is 0 Å². The number of ether oxygens (including phenoxy) is 1. The molecule has 1 aromatic rings. The number of guanidine groups is 1. The first-order valence-corrected chi connectivity index (χ1v) is 9.79. The summed E-state index contributed by atoms with van der Waals surface area (Å²) in [7, 11) is 1.69. The van der Waals surface area contributed by atoms with Gasteiger partial charge in [-0.3, -0.25) is 9.69 Å². The minimum atomic E-state index is -0.988. The number of fused-ring (bicyclic) bond motifs is 2. The average Bonchev–Trinajstić information content (AvgIpc) is 2.77. The molecule has 5 nitrogen and oxygen atoms in total. The van der Waals surface area contributed by atoms with Crippen molar-refractivity contribution < 1.29 is 9.53 Å². The molecule has 1 amide bonds. The summed E-state index contributed by atoms with van der Waals surface area (Å²) < 4.78 is 6.21. The van der Waals surface area contributed by atoms with Crippen LogP contribution in [0.2, 0.25) is 0 Å². The van der Waals surface area contributed by atoms with Crippen molar-refractivity contribution in [3.63, 3.8) is 0 Å². The monoisotopic (exact) mass is 367 g/mol. The number of hydrogen-bond donors (Lipinski definition) is 1. The maximum Gasteiger partial charge on any atom is 0.261 e. The van der Waals surface area contributed by atoms with Crippen LogP contribution in [0.25, 0.3) is 5.57 Å². The van der Waals surface area contributed by atoms with Gasteiger partial charge in [0, 0.05) is 19.0 Å². The van der Waals surface area contributed by atoms with Gasteiger partial charge in [0.2, 0.25) is 0 Å². The second-order valence-corrected chi connectivity index (χ2v) is 9.16. The van der Waals surface area contributed by atoms with E-state index in [1.54, 1.807) is 7.05 Å². The zero-order valence-electron chi connectivity index (χ0n) is 16.9. The average molecular weight is 367 g/mol. The van der Waals surface area contributed by atoms with E-state index >= 15 is 0 Å². The van der Waals surface area contributed by atoms with Gasteiger partial charge in [0.25, 0.3) is 5.91 Å². The molecule has 0 bridgehead atoms. The maximum absolute atomic E-state index is 13.2. The summed E-state index contributed by atoms with van der Waals surface area (Å²) >= 11 is 0. The lowest BCUT2D eigenvalue weighted by atomic mass is 9.75. The number of nitrogens with two attached hydrogens (primary N) is 1. The molecule has 27 heavy (non-hydrogen) atoms. The molecular weight excluding hydrogens is 338 g/mol. The summed E-state index contributed by atoms with van der Waals surface area (Å²) in [6, 6.07) is 6.21. The predicted octanol–water partition coefficient (Wildman–Crippen LogP) is 3.68. The van der Waals surface area contributed by atoms with E-state index in [1.165, 1.54) is 16.9 Å². The molecule has 2 heterocycles. The number of rotatable bonds is 1. The smallest absolute Gasteiger partial charge is 0.261 e. The first kappa shape index (κ1) is 18.1. The van der Waals surface area contributed by atoms with Gasteiger partial charge in [-0.05, 0) is 61.8 Å². The SMILES string of the molecule is CC1C=C(c2ccc3c(c2)C2(CC(C)(C)O3)N=C(N)N(C)C2=O)CC(C)C1. The standard InChI is InChI=1S/C22H29N3O2/c1-13-8-14(2)10-16(9-13)15-6-7-18-17(11-15)22(12-21(3,4)27-18)19(26)25(5)20(23)24-22/h6-7,9,11,13-14H,8,10,12H2,1-5H3,(H2,23,24). The highest BCUT2D eigenvalue weighted by Crippen LogP contribution is 2.50. The van der Waals surface area contributed by atoms with Crippen molar-refractivity contribution in [3.05, 3.63) is 35.4 Å². The molecule has 0 saturated heterocycles. The molecule has 3 atom stereocenters. The minimum absolute atomic E-state index is 0.0749. The Bertz CT molecular complexity index is 870. The Balaban J connectivity index is 1.86. The molecule has 0 radical (unpaired) electrons. The maximum atomic E-state index is 13.2. The number of likely N-dealkylation sites (N-methyl/N-ethyl adjacent to an activating group) is 1. The fourth-order valence-corrected chi connectivity index (χ4v) is 4.96. The van der Waals surface area contributed by atoms with E-state index in [-0.39, 0.29) is 11.9 Å². The zero-order chi connectivity index (χ0) is 19.6. The molecule has 3 aliphatic rings. The van der Waals surface area contributed by atoms with Crippen LogP contribution in [0, 0.1) is 11.8 Å². The number of benzene rings is 1. The minimum Gasteiger partial charge on any atom is -0.487 e. The summed E-state index contributed by atoms with van der Waals surface area (Å²) in [5, 5.41) is 0. The molecular formula is C22H29N3O2. The summed E-state index contributed by atoms with van der Waals surface area (Å²) in [5.41, 5.74) is 7.90. The Hall–Kier alpha value is -2.30. The molecule has 4 rings (SSSR count). The molecule has 0 saturated carbocycles. The molecule has 0 aromatic heterocycles. The van der Waals surface area contributed by atoms with Crippen LogP contribution in [0.1, 0.15) is 58.1 Å². The third-order valence-electron chi connectivity index (χ3n) is 6.00. The Labute approximate surface area is 161 Å². The fourth-order valence-electron chi connectivity index (χ4n) is 4.96. The third kappa shape index (κ3) is 2.84. The van der Waals surface area contributed by atoms with Gasteiger partial charge in [-0.25, -0.2) is 4.99 Å². The van der Waals surface area contributed by atoms with Gasteiger partial charge in [0.15, 0.2) is 11.5 Å². The summed E-state index contributed by atoms with van der Waals surface area (Å²) in [4.78, 5) is 19.3. The Morgan fingerprint density at radius 2 is 2.04 bits per heavy atom. The first-order valence-electron chi connectivity index (χ1n) is 9.79. The van der Waals surface area contributed by atoms with E-state index in [1.807, 2.05) is 19.9 Å². The largest absolute Gasteiger partial charge is 0.487 e. The Kier molecular flexibility index (Phi) is 3.92. The van der Waals surface area contributed by atoms with Crippen molar-refractivity contribution >= 4 is 17.4 Å². The quantitative estimate of drug-likeness (QED) is 0.823. The lowest BCUT2D eigenvalue weighted by Gasteiger charge is -2.41. The molecule has 2 aliphatic heterocycles. The van der Waals surface area contributed by atoms with Crippen LogP contribution in [-0.4, -0.2) is 29.4 Å². The molecule has 1 aromatic carbocycles. The molecule has 0 fully saturated rings. The van der Waals surface area contributed by atoms with Gasteiger partial charge in [-0.1, -0.05) is 26.0 Å². The van der Waals surface area contributed by atoms with E-state index < -0.39 is 11.1 Å². The topological polar surface area (TPSA) is 67.9 Å². The van der Waals surface area contributed by atoms with Crippen molar-refractivity contribution in [2.75, 3.05) is 7.05 Å². The molecule has 5 heteroatoms. The highest BCUT2D eigenvalue weighted by Gasteiger charge is 2.55. The van der Waals surface area contributed by atoms with Crippen LogP contribution in [0.3, 0.4) is 0 Å². The van der Waals surface area contributed by atoms with Gasteiger partial charge >= 0.3 is 0 Å². The van der Waals surface area contributed by atoms with Gasteiger partial charge in [-0.2, -0.15) is 0 Å². The van der Waals surface area contributed by atoms with Crippen molar-refractivity contribution in [3.8, 4) is 5.75 Å². The number of hydrogen-bond acceptors (Lipinski definition) is 4. The summed E-state index contributed by atoms with van der Waals surface area (Å²) in [6.45, 7) is 8.56. The van der Waals surface area contributed by atoms with E-state index in [2.05, 4.69) is 37.0 Å². The van der Waals surface area contributed by atoms with Crippen LogP contribution in [0.5, 0.6) is 5.75 Å². The number of nitrogens with zero attached hydrogens (tertiary/aromatic N) is 2. The lowest BCUT2D eigenvalue weighted by molar-refractivity contribution is -0.133. The van der Waals surface area contributed by atoms with Gasteiger partial charge in [0.05, 0.1) is 0 Å².